The van der Waals surface area contributed by atoms with Gasteiger partial charge in [0.15, 0.2) is 6.29 Å². The Morgan fingerprint density at radius 1 is 1.35 bits per heavy atom. The van der Waals surface area contributed by atoms with Crippen LogP contribution in [0.5, 0.6) is 0 Å². The van der Waals surface area contributed by atoms with E-state index in [-0.39, 0.29) is 13.0 Å². The Bertz CT molecular complexity index is 359. The first-order chi connectivity index (χ1) is 8.36. The van der Waals surface area contributed by atoms with E-state index in [4.69, 9.17) is 15.2 Å². The van der Waals surface area contributed by atoms with E-state index in [9.17, 15) is 0 Å². The fraction of sp³-hybridized carbons (Fsp3) is 0.462. The van der Waals surface area contributed by atoms with Crippen LogP contribution in [0.2, 0.25) is 0 Å². The maximum absolute atomic E-state index is 5.84. The van der Waals surface area contributed by atoms with E-state index in [0.717, 1.165) is 31.4 Å². The lowest BCUT2D eigenvalue weighted by atomic mass is 10.2. The van der Waals surface area contributed by atoms with E-state index in [1.54, 1.807) is 0 Å². The molecule has 1 aliphatic rings. The molecule has 1 fully saturated rings. The molecule has 0 saturated carbocycles. The fourth-order valence-corrected chi connectivity index (χ4v) is 1.73. The highest BCUT2D eigenvalue weighted by molar-refractivity contribution is 5.97. The Balaban J connectivity index is 1.80. The number of rotatable bonds is 4. The number of hydrogen-bond donors (Lipinski definition) is 1. The van der Waals surface area contributed by atoms with Crippen molar-refractivity contribution in [3.05, 3.63) is 35.9 Å². The smallest absolute Gasteiger partial charge is 0.159 e. The quantitative estimate of drug-likeness (QED) is 0.639. The summed E-state index contributed by atoms with van der Waals surface area (Å²) in [4.78, 5) is 4.18. The van der Waals surface area contributed by atoms with Crippen molar-refractivity contribution in [2.24, 2.45) is 10.7 Å². The third kappa shape index (κ3) is 3.84. The van der Waals surface area contributed by atoms with Gasteiger partial charge < -0.3 is 15.2 Å². The molecule has 1 aromatic rings. The van der Waals surface area contributed by atoms with Crippen LogP contribution in [0, 0.1) is 0 Å². The number of ether oxygens (including phenoxy) is 2. The molecular weight excluding hydrogens is 216 g/mol. The Hall–Kier alpha value is -1.39. The molecule has 0 radical (unpaired) electrons. The van der Waals surface area contributed by atoms with E-state index >= 15 is 0 Å². The molecule has 1 atom stereocenters. The summed E-state index contributed by atoms with van der Waals surface area (Å²) in [5, 5.41) is 0. The molecule has 0 bridgehead atoms. The summed E-state index contributed by atoms with van der Waals surface area (Å²) in [7, 11) is 0. The molecule has 1 unspecified atom stereocenters. The van der Waals surface area contributed by atoms with Gasteiger partial charge in [-0.25, -0.2) is 4.99 Å². The van der Waals surface area contributed by atoms with Crippen molar-refractivity contribution in [3.63, 3.8) is 0 Å². The standard InChI is InChI=1S/C13H18N2O2/c14-13(11-6-2-1-3-7-11)15-10-17-12-8-4-5-9-16-12/h1-3,6-7,12H,4-5,8-10H2,(H2,14,15). The molecule has 4 nitrogen and oxygen atoms in total. The van der Waals surface area contributed by atoms with Gasteiger partial charge in [-0.15, -0.1) is 0 Å². The summed E-state index contributed by atoms with van der Waals surface area (Å²) in [6.07, 6.45) is 3.11. The van der Waals surface area contributed by atoms with E-state index in [1.807, 2.05) is 30.3 Å². The zero-order valence-corrected chi connectivity index (χ0v) is 9.84. The van der Waals surface area contributed by atoms with Crippen LogP contribution in [0.3, 0.4) is 0 Å². The molecule has 0 aliphatic carbocycles. The average molecular weight is 234 g/mol. The van der Waals surface area contributed by atoms with Gasteiger partial charge in [-0.05, 0) is 19.3 Å². The maximum Gasteiger partial charge on any atom is 0.159 e. The zero-order valence-electron chi connectivity index (χ0n) is 9.84. The molecule has 1 aliphatic heterocycles. The molecular formula is C13H18N2O2. The first kappa shape index (κ1) is 12.1. The van der Waals surface area contributed by atoms with Gasteiger partial charge in [-0.3, -0.25) is 0 Å². The van der Waals surface area contributed by atoms with Gasteiger partial charge in [0, 0.05) is 12.2 Å². The highest BCUT2D eigenvalue weighted by atomic mass is 16.7. The molecule has 0 spiro atoms. The largest absolute Gasteiger partial charge is 0.383 e. The van der Waals surface area contributed by atoms with Crippen molar-refractivity contribution in [1.82, 2.24) is 0 Å². The summed E-state index contributed by atoms with van der Waals surface area (Å²) in [5.41, 5.74) is 6.76. The van der Waals surface area contributed by atoms with E-state index in [2.05, 4.69) is 4.99 Å². The topological polar surface area (TPSA) is 56.8 Å². The second kappa shape index (κ2) is 6.37. The van der Waals surface area contributed by atoms with Gasteiger partial charge in [-0.2, -0.15) is 0 Å². The molecule has 1 heterocycles. The van der Waals surface area contributed by atoms with E-state index < -0.39 is 0 Å². The summed E-state index contributed by atoms with van der Waals surface area (Å²) in [6, 6.07) is 9.67. The second-order valence-corrected chi connectivity index (χ2v) is 4.00. The van der Waals surface area contributed by atoms with Gasteiger partial charge in [-0.1, -0.05) is 30.3 Å². The number of amidine groups is 1. The third-order valence-electron chi connectivity index (χ3n) is 2.70. The van der Waals surface area contributed by atoms with Crippen molar-refractivity contribution in [1.29, 1.82) is 0 Å². The first-order valence-corrected chi connectivity index (χ1v) is 5.95. The van der Waals surface area contributed by atoms with Crippen LogP contribution in [-0.2, 0) is 9.47 Å². The lowest BCUT2D eigenvalue weighted by Crippen LogP contribution is -2.23. The van der Waals surface area contributed by atoms with Gasteiger partial charge in [0.2, 0.25) is 0 Å². The van der Waals surface area contributed by atoms with Crippen LogP contribution in [0.4, 0.5) is 0 Å². The number of nitrogens with zero attached hydrogens (tertiary/aromatic N) is 1. The number of nitrogens with two attached hydrogens (primary N) is 1. The van der Waals surface area contributed by atoms with E-state index in [1.165, 1.54) is 0 Å². The predicted octanol–water partition coefficient (Wildman–Crippen LogP) is 1.89. The summed E-state index contributed by atoms with van der Waals surface area (Å²) < 4.78 is 10.9. The van der Waals surface area contributed by atoms with Crippen molar-refractivity contribution >= 4 is 5.84 Å². The van der Waals surface area contributed by atoms with E-state index in [0.29, 0.717) is 5.84 Å². The summed E-state index contributed by atoms with van der Waals surface area (Å²) in [5.74, 6) is 0.501. The highest BCUT2D eigenvalue weighted by Crippen LogP contribution is 2.13. The Kier molecular flexibility index (Phi) is 4.53. The van der Waals surface area contributed by atoms with Crippen molar-refractivity contribution in [3.8, 4) is 0 Å². The van der Waals surface area contributed by atoms with Crippen molar-refractivity contribution < 1.29 is 9.47 Å². The van der Waals surface area contributed by atoms with Gasteiger partial charge in [0.05, 0.1) is 0 Å². The normalized spacial score (nSPS) is 21.4. The van der Waals surface area contributed by atoms with Crippen LogP contribution >= 0.6 is 0 Å². The molecule has 2 N–H and O–H groups in total. The number of benzene rings is 1. The van der Waals surface area contributed by atoms with Gasteiger partial charge in [0.1, 0.15) is 12.6 Å². The van der Waals surface area contributed by atoms with Crippen molar-refractivity contribution in [2.75, 3.05) is 13.3 Å². The molecule has 0 aromatic heterocycles. The lowest BCUT2D eigenvalue weighted by Gasteiger charge is -2.21. The van der Waals surface area contributed by atoms with Gasteiger partial charge >= 0.3 is 0 Å². The highest BCUT2D eigenvalue weighted by Gasteiger charge is 2.13. The first-order valence-electron chi connectivity index (χ1n) is 5.95. The summed E-state index contributed by atoms with van der Waals surface area (Å²) >= 11 is 0. The predicted molar refractivity (Wildman–Crippen MR) is 66.7 cm³/mol. The average Bonchev–Trinajstić information content (AvgIpc) is 2.41. The van der Waals surface area contributed by atoms with Crippen LogP contribution in [0.1, 0.15) is 24.8 Å². The second-order valence-electron chi connectivity index (χ2n) is 4.00. The minimum Gasteiger partial charge on any atom is -0.383 e. The minimum atomic E-state index is -0.115. The Morgan fingerprint density at radius 2 is 2.18 bits per heavy atom. The monoisotopic (exact) mass is 234 g/mol. The fourth-order valence-electron chi connectivity index (χ4n) is 1.73. The van der Waals surface area contributed by atoms with Crippen LogP contribution < -0.4 is 5.73 Å². The number of hydrogen-bond acceptors (Lipinski definition) is 3. The van der Waals surface area contributed by atoms with Crippen LogP contribution in [0.25, 0.3) is 0 Å². The van der Waals surface area contributed by atoms with Crippen LogP contribution in [0.15, 0.2) is 35.3 Å². The Labute approximate surface area is 101 Å². The minimum absolute atomic E-state index is 0.115. The third-order valence-corrected chi connectivity index (χ3v) is 2.70. The zero-order chi connectivity index (χ0) is 11.9. The van der Waals surface area contributed by atoms with Crippen molar-refractivity contribution in [2.45, 2.75) is 25.6 Å². The molecule has 92 valence electrons. The molecule has 1 aromatic carbocycles. The lowest BCUT2D eigenvalue weighted by molar-refractivity contribution is -0.160. The molecule has 17 heavy (non-hydrogen) atoms. The summed E-state index contributed by atoms with van der Waals surface area (Å²) in [6.45, 7) is 1.04. The maximum atomic E-state index is 5.84. The molecule has 1 saturated heterocycles. The molecule has 4 heteroatoms. The molecule has 2 rings (SSSR count). The van der Waals surface area contributed by atoms with Gasteiger partial charge in [0.25, 0.3) is 0 Å². The van der Waals surface area contributed by atoms with Crippen LogP contribution in [-0.4, -0.2) is 25.5 Å². The molecule has 0 amide bonds. The number of aliphatic imine (C=N–C) groups is 1. The SMILES string of the molecule is N/C(=N\COC1CCCCO1)c1ccccc1. The Morgan fingerprint density at radius 3 is 2.88 bits per heavy atom.